The highest BCUT2D eigenvalue weighted by Crippen LogP contribution is 2.53. The van der Waals surface area contributed by atoms with E-state index in [0.29, 0.717) is 47.3 Å². The quantitative estimate of drug-likeness (QED) is 0.435. The summed E-state index contributed by atoms with van der Waals surface area (Å²) in [5.41, 5.74) is 7.38. The number of hydrogen-bond donors (Lipinski definition) is 3. The van der Waals surface area contributed by atoms with Crippen molar-refractivity contribution in [3.05, 3.63) is 40.3 Å². The van der Waals surface area contributed by atoms with Crippen LogP contribution >= 0.6 is 11.6 Å². The highest BCUT2D eigenvalue weighted by Gasteiger charge is 2.45. The number of nitrogen functional groups attached to an aromatic ring is 1. The van der Waals surface area contributed by atoms with Gasteiger partial charge in [-0.1, -0.05) is 25.4 Å². The number of anilines is 2. The van der Waals surface area contributed by atoms with Crippen molar-refractivity contribution in [1.82, 2.24) is 15.1 Å². The van der Waals surface area contributed by atoms with Gasteiger partial charge in [-0.15, -0.1) is 0 Å². The maximum atomic E-state index is 13.5. The van der Waals surface area contributed by atoms with E-state index in [-0.39, 0.29) is 22.8 Å². The van der Waals surface area contributed by atoms with Crippen molar-refractivity contribution in [1.29, 1.82) is 0 Å². The van der Waals surface area contributed by atoms with Gasteiger partial charge in [-0.25, -0.2) is 4.39 Å². The van der Waals surface area contributed by atoms with Crippen LogP contribution in [0.1, 0.15) is 74.3 Å². The SMILES string of the molecule is Cn1nc(C2CC3CC(CNC(=O)C(C)(C)C4CCOCC4)CC3C2)c(C(=O)Nc2ccc(F)c(Cl)c2)c1N. The molecule has 2 aromatic rings. The van der Waals surface area contributed by atoms with Gasteiger partial charge in [0, 0.05) is 43.8 Å². The predicted octanol–water partition coefficient (Wildman–Crippen LogP) is 5.14. The molecule has 3 aliphatic rings. The number of carbonyl (C=O) groups is 2. The first-order chi connectivity index (χ1) is 18.5. The minimum atomic E-state index is -0.547. The van der Waals surface area contributed by atoms with Crippen LogP contribution in [0, 0.1) is 34.9 Å². The van der Waals surface area contributed by atoms with Gasteiger partial charge in [0.05, 0.1) is 10.7 Å². The number of aromatic nitrogens is 2. The zero-order valence-corrected chi connectivity index (χ0v) is 23.7. The fourth-order valence-corrected chi connectivity index (χ4v) is 7.23. The van der Waals surface area contributed by atoms with E-state index in [4.69, 9.17) is 22.1 Å². The predicted molar refractivity (Wildman–Crippen MR) is 149 cm³/mol. The Morgan fingerprint density at radius 2 is 1.85 bits per heavy atom. The Kier molecular flexibility index (Phi) is 7.93. The number of amides is 2. The smallest absolute Gasteiger partial charge is 0.261 e. The second-order valence-electron chi connectivity index (χ2n) is 12.2. The molecule has 2 heterocycles. The Balaban J connectivity index is 1.19. The summed E-state index contributed by atoms with van der Waals surface area (Å²) in [5.74, 6) is 1.57. The first-order valence-electron chi connectivity index (χ1n) is 14.0. The summed E-state index contributed by atoms with van der Waals surface area (Å²) < 4.78 is 20.6. The summed E-state index contributed by atoms with van der Waals surface area (Å²) in [7, 11) is 1.74. The van der Waals surface area contributed by atoms with Crippen molar-refractivity contribution in [3.63, 3.8) is 0 Å². The molecule has 0 bridgehead atoms. The Morgan fingerprint density at radius 3 is 2.49 bits per heavy atom. The van der Waals surface area contributed by atoms with Crippen molar-refractivity contribution in [3.8, 4) is 0 Å². The third-order valence-corrected chi connectivity index (χ3v) is 9.69. The van der Waals surface area contributed by atoms with Crippen LogP contribution < -0.4 is 16.4 Å². The molecular weight excluding hydrogens is 521 g/mol. The molecule has 1 aromatic heterocycles. The first kappa shape index (κ1) is 27.9. The molecule has 10 heteroatoms. The van der Waals surface area contributed by atoms with E-state index < -0.39 is 11.2 Å². The number of carbonyl (C=O) groups excluding carboxylic acids is 2. The molecule has 0 radical (unpaired) electrons. The van der Waals surface area contributed by atoms with Gasteiger partial charge < -0.3 is 21.1 Å². The van der Waals surface area contributed by atoms with Crippen LogP contribution in [0.25, 0.3) is 0 Å². The molecule has 2 saturated carbocycles. The summed E-state index contributed by atoms with van der Waals surface area (Å²) in [6, 6.07) is 4.06. The molecule has 1 saturated heterocycles. The van der Waals surface area contributed by atoms with Crippen molar-refractivity contribution in [2.24, 2.45) is 36.1 Å². The fraction of sp³-hybridized carbons (Fsp3) is 0.621. The molecule has 2 amide bonds. The highest BCUT2D eigenvalue weighted by molar-refractivity contribution is 6.31. The Labute approximate surface area is 234 Å². The van der Waals surface area contributed by atoms with Crippen LogP contribution in [-0.2, 0) is 16.6 Å². The first-order valence-corrected chi connectivity index (χ1v) is 14.4. The molecule has 1 aromatic carbocycles. The van der Waals surface area contributed by atoms with E-state index >= 15 is 0 Å². The third-order valence-electron chi connectivity index (χ3n) is 9.40. The minimum absolute atomic E-state index is 0.0614. The van der Waals surface area contributed by atoms with Gasteiger partial charge in [0.2, 0.25) is 5.91 Å². The van der Waals surface area contributed by atoms with Crippen LogP contribution in [0.15, 0.2) is 18.2 Å². The van der Waals surface area contributed by atoms with Crippen molar-refractivity contribution < 1.29 is 18.7 Å². The number of nitrogens with one attached hydrogen (secondary N) is 2. The molecule has 4 N–H and O–H groups in total. The number of nitrogens with zero attached hydrogens (tertiary/aromatic N) is 2. The number of ether oxygens (including phenoxy) is 1. The van der Waals surface area contributed by atoms with Crippen molar-refractivity contribution >= 4 is 34.9 Å². The molecule has 0 spiro atoms. The van der Waals surface area contributed by atoms with Gasteiger partial charge >= 0.3 is 0 Å². The lowest BCUT2D eigenvalue weighted by Crippen LogP contribution is -2.45. The summed E-state index contributed by atoms with van der Waals surface area (Å²) in [5, 5.41) is 10.6. The molecule has 39 heavy (non-hydrogen) atoms. The fourth-order valence-electron chi connectivity index (χ4n) is 7.05. The summed E-state index contributed by atoms with van der Waals surface area (Å²) in [4.78, 5) is 26.3. The van der Waals surface area contributed by atoms with Crippen molar-refractivity contribution in [2.75, 3.05) is 30.8 Å². The zero-order valence-electron chi connectivity index (χ0n) is 22.9. The molecule has 1 aliphatic heterocycles. The molecule has 8 nitrogen and oxygen atoms in total. The Bertz CT molecular complexity index is 1230. The Morgan fingerprint density at radius 1 is 1.18 bits per heavy atom. The average molecular weight is 560 g/mol. The third kappa shape index (κ3) is 5.66. The summed E-state index contributed by atoms with van der Waals surface area (Å²) in [6.07, 6.45) is 5.90. The maximum absolute atomic E-state index is 13.5. The molecular formula is C29H39ClFN5O3. The summed E-state index contributed by atoms with van der Waals surface area (Å²) >= 11 is 5.88. The molecule has 3 fully saturated rings. The number of benzene rings is 1. The number of halogens is 2. The second-order valence-corrected chi connectivity index (χ2v) is 12.6. The Hall–Kier alpha value is -2.65. The lowest BCUT2D eigenvalue weighted by atomic mass is 9.74. The molecule has 2 atom stereocenters. The zero-order chi connectivity index (χ0) is 27.9. The second kappa shape index (κ2) is 11.1. The van der Waals surface area contributed by atoms with Crippen LogP contribution in [0.5, 0.6) is 0 Å². The largest absolute Gasteiger partial charge is 0.383 e. The monoisotopic (exact) mass is 559 g/mol. The molecule has 2 unspecified atom stereocenters. The van der Waals surface area contributed by atoms with Gasteiger partial charge in [-0.2, -0.15) is 5.10 Å². The van der Waals surface area contributed by atoms with E-state index in [2.05, 4.69) is 29.6 Å². The lowest BCUT2D eigenvalue weighted by molar-refractivity contribution is -0.134. The number of fused-ring (bicyclic) bond motifs is 1. The van der Waals surface area contributed by atoms with Crippen LogP contribution in [0.2, 0.25) is 5.02 Å². The maximum Gasteiger partial charge on any atom is 0.261 e. The van der Waals surface area contributed by atoms with Crippen LogP contribution in [0.3, 0.4) is 0 Å². The highest BCUT2D eigenvalue weighted by atomic mass is 35.5. The number of nitrogens with two attached hydrogens (primary N) is 1. The molecule has 2 aliphatic carbocycles. The van der Waals surface area contributed by atoms with Gasteiger partial charge in [0.1, 0.15) is 17.2 Å². The van der Waals surface area contributed by atoms with Gasteiger partial charge in [0.15, 0.2) is 0 Å². The topological polar surface area (TPSA) is 111 Å². The normalized spacial score (nSPS) is 25.5. The molecule has 5 rings (SSSR count). The number of hydrogen-bond acceptors (Lipinski definition) is 5. The van der Waals surface area contributed by atoms with Crippen LogP contribution in [0.4, 0.5) is 15.9 Å². The van der Waals surface area contributed by atoms with E-state index in [1.165, 1.54) is 18.2 Å². The summed E-state index contributed by atoms with van der Waals surface area (Å²) in [6.45, 7) is 6.31. The number of aryl methyl sites for hydroxylation is 1. The van der Waals surface area contributed by atoms with Crippen molar-refractivity contribution in [2.45, 2.75) is 58.3 Å². The van der Waals surface area contributed by atoms with E-state index in [1.807, 2.05) is 0 Å². The van der Waals surface area contributed by atoms with Gasteiger partial charge in [-0.05, 0) is 80.4 Å². The van der Waals surface area contributed by atoms with Gasteiger partial charge in [-0.3, -0.25) is 14.3 Å². The minimum Gasteiger partial charge on any atom is -0.383 e. The number of rotatable bonds is 7. The van der Waals surface area contributed by atoms with Crippen LogP contribution in [-0.4, -0.2) is 41.4 Å². The van der Waals surface area contributed by atoms with Gasteiger partial charge in [0.25, 0.3) is 5.91 Å². The lowest BCUT2D eigenvalue weighted by Gasteiger charge is -2.35. The standard InChI is InChI=1S/C29H39ClFN5O3/c1-29(2,20-6-8-39-9-7-20)28(38)33-15-16-10-17-12-19(13-18(17)11-16)25-24(26(32)36(3)35-25)27(37)34-21-4-5-23(31)22(30)14-21/h4-5,14,16-20H,6-13,15,32H2,1-3H3,(H,33,38)(H,34,37). The van der Waals surface area contributed by atoms with E-state index in [9.17, 15) is 14.0 Å². The molecule has 212 valence electrons. The van der Waals surface area contributed by atoms with E-state index in [1.54, 1.807) is 11.7 Å². The average Bonchev–Trinajstić information content (AvgIpc) is 3.56. The van der Waals surface area contributed by atoms with E-state index in [0.717, 1.165) is 57.4 Å².